The van der Waals surface area contributed by atoms with E-state index in [1.807, 2.05) is 50.2 Å². The summed E-state index contributed by atoms with van der Waals surface area (Å²) in [6.07, 6.45) is 0. The molecular formula is C16H18ClNO2. The van der Waals surface area contributed by atoms with Crippen LogP contribution in [0.25, 0.3) is 0 Å². The van der Waals surface area contributed by atoms with Crippen LogP contribution in [0, 0.1) is 13.8 Å². The minimum Gasteiger partial charge on any atom is -0.490 e. The molecule has 0 saturated carbocycles. The number of benzene rings is 2. The minimum absolute atomic E-state index is 0.439. The van der Waals surface area contributed by atoms with Gasteiger partial charge in [0.05, 0.1) is 5.69 Å². The first-order valence-corrected chi connectivity index (χ1v) is 6.82. The van der Waals surface area contributed by atoms with Gasteiger partial charge in [0.25, 0.3) is 0 Å². The maximum Gasteiger partial charge on any atom is 0.142 e. The molecule has 0 amide bonds. The molecule has 0 aliphatic heterocycles. The van der Waals surface area contributed by atoms with Crippen LogP contribution >= 0.6 is 11.6 Å². The van der Waals surface area contributed by atoms with Gasteiger partial charge in [-0.15, -0.1) is 0 Å². The van der Waals surface area contributed by atoms with Crippen molar-refractivity contribution in [3.63, 3.8) is 0 Å². The Bertz CT molecular complexity index is 599. The highest BCUT2D eigenvalue weighted by molar-refractivity contribution is 6.31. The van der Waals surface area contributed by atoms with Crippen molar-refractivity contribution in [1.29, 1.82) is 0 Å². The summed E-state index contributed by atoms with van der Waals surface area (Å²) in [5.41, 5.74) is 8.62. The van der Waals surface area contributed by atoms with Gasteiger partial charge in [0, 0.05) is 5.02 Å². The average molecular weight is 292 g/mol. The van der Waals surface area contributed by atoms with Gasteiger partial charge in [-0.1, -0.05) is 17.7 Å². The number of nitrogens with two attached hydrogens (primary N) is 1. The van der Waals surface area contributed by atoms with Gasteiger partial charge < -0.3 is 15.2 Å². The summed E-state index contributed by atoms with van der Waals surface area (Å²) in [6.45, 7) is 4.83. The Morgan fingerprint density at radius 3 is 2.45 bits per heavy atom. The van der Waals surface area contributed by atoms with Crippen molar-refractivity contribution in [2.24, 2.45) is 0 Å². The lowest BCUT2D eigenvalue weighted by Crippen LogP contribution is -2.10. The Hall–Kier alpha value is -1.87. The smallest absolute Gasteiger partial charge is 0.142 e. The predicted molar refractivity (Wildman–Crippen MR) is 82.8 cm³/mol. The van der Waals surface area contributed by atoms with Crippen molar-refractivity contribution in [3.05, 3.63) is 52.5 Å². The van der Waals surface area contributed by atoms with E-state index in [4.69, 9.17) is 26.8 Å². The van der Waals surface area contributed by atoms with Crippen LogP contribution in [0.5, 0.6) is 11.5 Å². The lowest BCUT2D eigenvalue weighted by atomic mass is 10.2. The Morgan fingerprint density at radius 1 is 1.00 bits per heavy atom. The Kier molecular flexibility index (Phi) is 4.74. The molecule has 0 radical (unpaired) electrons. The van der Waals surface area contributed by atoms with Crippen LogP contribution in [0.3, 0.4) is 0 Å². The van der Waals surface area contributed by atoms with Crippen molar-refractivity contribution in [2.75, 3.05) is 18.9 Å². The van der Waals surface area contributed by atoms with E-state index >= 15 is 0 Å². The molecule has 0 aliphatic carbocycles. The summed E-state index contributed by atoms with van der Waals surface area (Å²) in [6, 6.07) is 11.3. The quantitative estimate of drug-likeness (QED) is 0.669. The molecule has 0 saturated heterocycles. The highest BCUT2D eigenvalue weighted by Gasteiger charge is 2.01. The second kappa shape index (κ2) is 6.53. The van der Waals surface area contributed by atoms with E-state index in [0.717, 1.165) is 21.9 Å². The summed E-state index contributed by atoms with van der Waals surface area (Å²) < 4.78 is 11.2. The predicted octanol–water partition coefficient (Wildman–Crippen LogP) is 4.00. The number of aryl methyl sites for hydroxylation is 2. The van der Waals surface area contributed by atoms with Gasteiger partial charge in [-0.2, -0.15) is 0 Å². The molecule has 4 heteroatoms. The van der Waals surface area contributed by atoms with E-state index in [9.17, 15) is 0 Å². The summed E-state index contributed by atoms with van der Waals surface area (Å²) in [7, 11) is 0. The van der Waals surface area contributed by atoms with Crippen LogP contribution in [-0.4, -0.2) is 13.2 Å². The van der Waals surface area contributed by atoms with Crippen molar-refractivity contribution in [2.45, 2.75) is 13.8 Å². The minimum atomic E-state index is 0.439. The van der Waals surface area contributed by atoms with Crippen LogP contribution < -0.4 is 15.2 Å². The number of nitrogen functional groups attached to an aromatic ring is 1. The fraction of sp³-hybridized carbons (Fsp3) is 0.250. The molecule has 0 aliphatic rings. The fourth-order valence-electron chi connectivity index (χ4n) is 1.82. The molecule has 106 valence electrons. The second-order valence-corrected chi connectivity index (χ2v) is 5.06. The molecule has 20 heavy (non-hydrogen) atoms. The first-order chi connectivity index (χ1) is 9.56. The van der Waals surface area contributed by atoms with Gasteiger partial charge in [-0.3, -0.25) is 0 Å². The van der Waals surface area contributed by atoms with E-state index < -0.39 is 0 Å². The van der Waals surface area contributed by atoms with Gasteiger partial charge in [0.1, 0.15) is 24.7 Å². The SMILES string of the molecule is Cc1ccc(OCCOc2ccc(Cl)c(C)c2)c(N)c1. The molecule has 0 unspecified atom stereocenters. The molecule has 0 heterocycles. The zero-order valence-electron chi connectivity index (χ0n) is 11.7. The van der Waals surface area contributed by atoms with Crippen molar-refractivity contribution < 1.29 is 9.47 Å². The zero-order chi connectivity index (χ0) is 14.5. The van der Waals surface area contributed by atoms with Crippen molar-refractivity contribution in [3.8, 4) is 11.5 Å². The van der Waals surface area contributed by atoms with Crippen LogP contribution in [-0.2, 0) is 0 Å². The number of hydrogen-bond acceptors (Lipinski definition) is 3. The van der Waals surface area contributed by atoms with Gasteiger partial charge in [0.2, 0.25) is 0 Å². The summed E-state index contributed by atoms with van der Waals surface area (Å²) in [5.74, 6) is 1.47. The van der Waals surface area contributed by atoms with Crippen LogP contribution in [0.4, 0.5) is 5.69 Å². The third-order valence-electron chi connectivity index (χ3n) is 2.90. The standard InChI is InChI=1S/C16H18ClNO2/c1-11-3-6-16(15(18)9-11)20-8-7-19-13-4-5-14(17)12(2)10-13/h3-6,9-10H,7-8,18H2,1-2H3. The summed E-state index contributed by atoms with van der Waals surface area (Å²) >= 11 is 5.96. The van der Waals surface area contributed by atoms with E-state index in [1.165, 1.54) is 0 Å². The number of anilines is 1. The van der Waals surface area contributed by atoms with Crippen LogP contribution in [0.1, 0.15) is 11.1 Å². The van der Waals surface area contributed by atoms with E-state index in [-0.39, 0.29) is 0 Å². The van der Waals surface area contributed by atoms with Gasteiger partial charge in [-0.05, 0) is 55.3 Å². The Morgan fingerprint density at radius 2 is 1.75 bits per heavy atom. The number of halogens is 1. The molecule has 2 aromatic carbocycles. The monoisotopic (exact) mass is 291 g/mol. The molecular weight excluding hydrogens is 274 g/mol. The molecule has 0 fully saturated rings. The van der Waals surface area contributed by atoms with Gasteiger partial charge in [-0.25, -0.2) is 0 Å². The molecule has 3 nitrogen and oxygen atoms in total. The lowest BCUT2D eigenvalue weighted by Gasteiger charge is -2.11. The summed E-state index contributed by atoms with van der Waals surface area (Å²) in [4.78, 5) is 0. The van der Waals surface area contributed by atoms with Gasteiger partial charge >= 0.3 is 0 Å². The van der Waals surface area contributed by atoms with Crippen molar-refractivity contribution in [1.82, 2.24) is 0 Å². The fourth-order valence-corrected chi connectivity index (χ4v) is 1.93. The number of hydrogen-bond donors (Lipinski definition) is 1. The third kappa shape index (κ3) is 3.81. The molecule has 0 aromatic heterocycles. The highest BCUT2D eigenvalue weighted by atomic mass is 35.5. The summed E-state index contributed by atoms with van der Waals surface area (Å²) in [5, 5.41) is 0.737. The maximum atomic E-state index is 5.96. The Labute approximate surface area is 124 Å². The second-order valence-electron chi connectivity index (χ2n) is 4.65. The maximum absolute atomic E-state index is 5.96. The largest absolute Gasteiger partial charge is 0.490 e. The zero-order valence-corrected chi connectivity index (χ0v) is 12.4. The molecule has 0 spiro atoms. The molecule has 0 bridgehead atoms. The number of ether oxygens (including phenoxy) is 2. The van der Waals surface area contributed by atoms with Crippen molar-refractivity contribution >= 4 is 17.3 Å². The van der Waals surface area contributed by atoms with E-state index in [0.29, 0.717) is 24.7 Å². The molecule has 0 atom stereocenters. The Balaban J connectivity index is 1.82. The van der Waals surface area contributed by atoms with E-state index in [2.05, 4.69) is 0 Å². The normalized spacial score (nSPS) is 10.3. The first kappa shape index (κ1) is 14.5. The molecule has 2 N–H and O–H groups in total. The van der Waals surface area contributed by atoms with Crippen LogP contribution in [0.15, 0.2) is 36.4 Å². The number of rotatable bonds is 5. The lowest BCUT2D eigenvalue weighted by molar-refractivity contribution is 0.218. The topological polar surface area (TPSA) is 44.5 Å². The average Bonchev–Trinajstić information content (AvgIpc) is 2.40. The molecule has 2 aromatic rings. The molecule has 2 rings (SSSR count). The van der Waals surface area contributed by atoms with E-state index in [1.54, 1.807) is 0 Å². The third-order valence-corrected chi connectivity index (χ3v) is 3.33. The van der Waals surface area contributed by atoms with Gasteiger partial charge in [0.15, 0.2) is 0 Å². The van der Waals surface area contributed by atoms with Crippen LogP contribution in [0.2, 0.25) is 5.02 Å². The first-order valence-electron chi connectivity index (χ1n) is 6.44. The highest BCUT2D eigenvalue weighted by Crippen LogP contribution is 2.23.